The summed E-state index contributed by atoms with van der Waals surface area (Å²) in [6.07, 6.45) is 3.80. The van der Waals surface area contributed by atoms with Crippen LogP contribution in [-0.4, -0.2) is 16.7 Å². The number of carbonyl (C=O) groups is 1. The van der Waals surface area contributed by atoms with Crippen LogP contribution in [-0.2, 0) is 7.05 Å². The number of benzene rings is 1. The Morgan fingerprint density at radius 3 is 2.50 bits per heavy atom. The van der Waals surface area contributed by atoms with Crippen LogP contribution in [0.3, 0.4) is 0 Å². The molecule has 0 saturated heterocycles. The van der Waals surface area contributed by atoms with Crippen molar-refractivity contribution in [3.8, 4) is 11.1 Å². The normalized spacial score (nSPS) is 10.3. The van der Waals surface area contributed by atoms with E-state index in [0.717, 1.165) is 39.0 Å². The molecular weight excluding hydrogens is 364 g/mol. The predicted octanol–water partition coefficient (Wildman–Crippen LogP) is 4.48. The zero-order valence-corrected chi connectivity index (χ0v) is 17.0. The Balaban J connectivity index is 0.000000552. The fourth-order valence-electron chi connectivity index (χ4n) is 2.59. The fraction of sp³-hybridized carbons (Fsp3) is 0.200. The van der Waals surface area contributed by atoms with Crippen molar-refractivity contribution in [3.63, 3.8) is 0 Å². The highest BCUT2D eigenvalue weighted by molar-refractivity contribution is 8.01. The first-order valence-corrected chi connectivity index (χ1v) is 10.0. The van der Waals surface area contributed by atoms with E-state index in [4.69, 9.17) is 5.73 Å². The highest BCUT2D eigenvalue weighted by atomic mass is 32.2. The van der Waals surface area contributed by atoms with Gasteiger partial charge in [0.25, 0.3) is 11.5 Å². The minimum absolute atomic E-state index is 0.110. The number of fused-ring (bicyclic) bond motifs is 1. The summed E-state index contributed by atoms with van der Waals surface area (Å²) in [7, 11) is 1.72. The van der Waals surface area contributed by atoms with Gasteiger partial charge in [0.2, 0.25) is 0 Å². The second-order valence-corrected chi connectivity index (χ2v) is 7.75. The number of carbonyl (C=O) groups excluding carboxylic acids is 1. The molecule has 0 aliphatic carbocycles. The summed E-state index contributed by atoms with van der Waals surface area (Å²) in [4.78, 5) is 24.2. The summed E-state index contributed by atoms with van der Waals surface area (Å²) in [5.41, 5.74) is 9.54. The number of aryl methyl sites for hydroxylation is 3. The Bertz CT molecular complexity index is 1030. The Morgan fingerprint density at radius 1 is 1.27 bits per heavy atom. The number of nitrogens with two attached hydrogens (primary N) is 1. The van der Waals surface area contributed by atoms with Gasteiger partial charge in [0.15, 0.2) is 0 Å². The average molecular weight is 387 g/mol. The van der Waals surface area contributed by atoms with Gasteiger partial charge in [-0.15, -0.1) is 23.1 Å². The van der Waals surface area contributed by atoms with Crippen LogP contribution in [0.4, 0.5) is 0 Å². The van der Waals surface area contributed by atoms with E-state index in [-0.39, 0.29) is 5.56 Å². The summed E-state index contributed by atoms with van der Waals surface area (Å²) in [6, 6.07) is 7.93. The smallest absolute Gasteiger partial charge is 0.268 e. The summed E-state index contributed by atoms with van der Waals surface area (Å²) in [5, 5.41) is 2.58. The van der Waals surface area contributed by atoms with Crippen molar-refractivity contribution in [3.05, 3.63) is 68.8 Å². The van der Waals surface area contributed by atoms with Crippen molar-refractivity contribution in [2.75, 3.05) is 6.26 Å². The second-order valence-electron chi connectivity index (χ2n) is 5.90. The second kappa shape index (κ2) is 8.38. The molecule has 26 heavy (non-hydrogen) atoms. The molecule has 2 N–H and O–H groups in total. The summed E-state index contributed by atoms with van der Waals surface area (Å²) >= 11 is 2.78. The molecule has 1 amide bonds. The molecule has 6 heteroatoms. The van der Waals surface area contributed by atoms with Crippen LogP contribution in [0.15, 0.2) is 47.2 Å². The van der Waals surface area contributed by atoms with E-state index < -0.39 is 5.91 Å². The van der Waals surface area contributed by atoms with Gasteiger partial charge in [0.05, 0.1) is 4.88 Å². The molecule has 0 unspecified atom stereocenters. The molecule has 0 bridgehead atoms. The number of primary amides is 1. The first-order valence-electron chi connectivity index (χ1n) is 7.94. The molecule has 0 aliphatic rings. The first kappa shape index (κ1) is 20.0. The van der Waals surface area contributed by atoms with E-state index in [9.17, 15) is 9.59 Å². The lowest BCUT2D eigenvalue weighted by molar-refractivity contribution is 0.100. The van der Waals surface area contributed by atoms with Crippen LogP contribution in [0.2, 0.25) is 0 Å². The largest absolute Gasteiger partial charge is 0.365 e. The van der Waals surface area contributed by atoms with Crippen LogP contribution in [0.25, 0.3) is 21.2 Å². The average Bonchev–Trinajstić information content (AvgIpc) is 3.06. The monoisotopic (exact) mass is 386 g/mol. The molecule has 2 aromatic heterocycles. The molecule has 4 nitrogen and oxygen atoms in total. The number of hydrogen-bond acceptors (Lipinski definition) is 4. The SMILES string of the molecule is C=CSC.Cc1ccc(C)c(-c2cn(C)c(=O)c3sc(C(N)=O)cc23)c1. The van der Waals surface area contributed by atoms with Crippen LogP contribution in [0, 0.1) is 13.8 Å². The van der Waals surface area contributed by atoms with E-state index in [1.165, 1.54) is 0 Å². The Kier molecular flexibility index (Phi) is 6.45. The van der Waals surface area contributed by atoms with Gasteiger partial charge in [-0.2, -0.15) is 0 Å². The summed E-state index contributed by atoms with van der Waals surface area (Å²) in [6.45, 7) is 7.51. The van der Waals surface area contributed by atoms with E-state index >= 15 is 0 Å². The van der Waals surface area contributed by atoms with Gasteiger partial charge in [0.1, 0.15) is 4.70 Å². The molecule has 2 heterocycles. The predicted molar refractivity (Wildman–Crippen MR) is 114 cm³/mol. The van der Waals surface area contributed by atoms with Gasteiger partial charge in [-0.25, -0.2) is 0 Å². The molecule has 0 aliphatic heterocycles. The number of hydrogen-bond donors (Lipinski definition) is 1. The number of thioether (sulfide) groups is 1. The van der Waals surface area contributed by atoms with Crippen molar-refractivity contribution in [1.29, 1.82) is 0 Å². The van der Waals surface area contributed by atoms with Crippen molar-refractivity contribution in [2.24, 2.45) is 12.8 Å². The lowest BCUT2D eigenvalue weighted by Gasteiger charge is -2.10. The molecule has 0 spiro atoms. The quantitative estimate of drug-likeness (QED) is 0.722. The van der Waals surface area contributed by atoms with Gasteiger partial charge in [0, 0.05) is 24.2 Å². The van der Waals surface area contributed by atoms with Crippen LogP contribution >= 0.6 is 23.1 Å². The molecule has 3 aromatic rings. The number of nitrogens with zero attached hydrogens (tertiary/aromatic N) is 1. The Labute approximate surface area is 161 Å². The van der Waals surface area contributed by atoms with E-state index in [1.54, 1.807) is 34.9 Å². The van der Waals surface area contributed by atoms with Gasteiger partial charge >= 0.3 is 0 Å². The molecule has 0 fully saturated rings. The van der Waals surface area contributed by atoms with Gasteiger partial charge in [-0.3, -0.25) is 9.59 Å². The zero-order valence-electron chi connectivity index (χ0n) is 15.3. The molecule has 3 rings (SSSR count). The van der Waals surface area contributed by atoms with Crippen molar-refractivity contribution in [2.45, 2.75) is 13.8 Å². The third-order valence-electron chi connectivity index (χ3n) is 3.95. The lowest BCUT2D eigenvalue weighted by Crippen LogP contribution is -2.15. The molecule has 0 atom stereocenters. The topological polar surface area (TPSA) is 65.1 Å². The molecule has 1 aromatic carbocycles. The minimum Gasteiger partial charge on any atom is -0.365 e. The number of rotatable bonds is 3. The molecular formula is C20H22N2O2S2. The van der Waals surface area contributed by atoms with E-state index in [1.807, 2.05) is 26.3 Å². The molecule has 136 valence electrons. The fourth-order valence-corrected chi connectivity index (χ4v) is 3.60. The highest BCUT2D eigenvalue weighted by Crippen LogP contribution is 2.34. The Hall–Kier alpha value is -2.31. The van der Waals surface area contributed by atoms with Gasteiger partial charge < -0.3 is 10.3 Å². The van der Waals surface area contributed by atoms with Gasteiger partial charge in [-0.1, -0.05) is 30.3 Å². The first-order chi connectivity index (χ1) is 12.3. The van der Waals surface area contributed by atoms with E-state index in [2.05, 4.69) is 24.8 Å². The molecule has 0 saturated carbocycles. The summed E-state index contributed by atoms with van der Waals surface area (Å²) in [5.74, 6) is -0.504. The van der Waals surface area contributed by atoms with Crippen LogP contribution < -0.4 is 11.3 Å². The lowest BCUT2D eigenvalue weighted by atomic mass is 9.97. The standard InChI is InChI=1S/C17H16N2O2S.C3H6S/c1-9-4-5-10(2)11(6-9)13-8-19(3)17(21)15-12(13)7-14(22-15)16(18)20;1-3-4-2/h4-8H,1-3H3,(H2,18,20);3H,1H2,2H3. The maximum atomic E-state index is 12.3. The van der Waals surface area contributed by atoms with Crippen molar-refractivity contribution in [1.82, 2.24) is 4.57 Å². The minimum atomic E-state index is -0.504. The zero-order chi connectivity index (χ0) is 19.4. The Morgan fingerprint density at radius 2 is 1.92 bits per heavy atom. The molecule has 0 radical (unpaired) electrons. The van der Waals surface area contributed by atoms with Crippen LogP contribution in [0.5, 0.6) is 0 Å². The third-order valence-corrected chi connectivity index (χ3v) is 5.42. The van der Waals surface area contributed by atoms with Crippen molar-refractivity contribution < 1.29 is 4.79 Å². The number of thiophene rings is 1. The van der Waals surface area contributed by atoms with E-state index in [0.29, 0.717) is 9.58 Å². The number of aromatic nitrogens is 1. The van der Waals surface area contributed by atoms with Crippen LogP contribution in [0.1, 0.15) is 20.8 Å². The summed E-state index contributed by atoms with van der Waals surface area (Å²) < 4.78 is 2.12. The van der Waals surface area contributed by atoms with Gasteiger partial charge in [-0.05, 0) is 42.7 Å². The third kappa shape index (κ3) is 4.08. The maximum Gasteiger partial charge on any atom is 0.268 e. The maximum absolute atomic E-state index is 12.3. The number of amides is 1. The number of pyridine rings is 1. The van der Waals surface area contributed by atoms with Crippen molar-refractivity contribution >= 4 is 39.1 Å². The highest BCUT2D eigenvalue weighted by Gasteiger charge is 2.16.